The molecule has 0 saturated carbocycles. The van der Waals surface area contributed by atoms with Gasteiger partial charge in [-0.1, -0.05) is 11.6 Å². The van der Waals surface area contributed by atoms with E-state index in [1.54, 1.807) is 13.8 Å². The number of nitrogens with zero attached hydrogens (tertiary/aromatic N) is 1. The van der Waals surface area contributed by atoms with Crippen molar-refractivity contribution in [2.24, 2.45) is 5.73 Å². The van der Waals surface area contributed by atoms with E-state index in [2.05, 4.69) is 4.72 Å². The molecule has 0 aliphatic rings. The number of nitro groups is 1. The van der Waals surface area contributed by atoms with Gasteiger partial charge in [-0.15, -0.1) is 0 Å². The van der Waals surface area contributed by atoms with E-state index in [9.17, 15) is 18.5 Å². The van der Waals surface area contributed by atoms with Crippen LogP contribution in [0.15, 0.2) is 17.0 Å². The smallest absolute Gasteiger partial charge is 0.275 e. The van der Waals surface area contributed by atoms with Gasteiger partial charge in [-0.2, -0.15) is 0 Å². The molecule has 0 saturated heterocycles. The molecule has 0 aromatic heterocycles. The fourth-order valence-corrected chi connectivity index (χ4v) is 3.20. The molecular weight excluding hydrogens is 306 g/mol. The number of hydrogen-bond acceptors (Lipinski definition) is 5. The van der Waals surface area contributed by atoms with E-state index < -0.39 is 20.5 Å². The van der Waals surface area contributed by atoms with E-state index in [0.29, 0.717) is 0 Å². The normalized spacial score (nSPS) is 12.4. The van der Waals surface area contributed by atoms with Crippen LogP contribution in [-0.4, -0.2) is 25.4 Å². The maximum absolute atomic E-state index is 12.2. The third-order valence-electron chi connectivity index (χ3n) is 2.72. The third-order valence-corrected chi connectivity index (χ3v) is 4.79. The van der Waals surface area contributed by atoms with Crippen molar-refractivity contribution in [2.75, 3.05) is 6.54 Å². The highest BCUT2D eigenvalue weighted by molar-refractivity contribution is 7.89. The minimum absolute atomic E-state index is 0.0186. The lowest BCUT2D eigenvalue weighted by Gasteiger charge is -2.23. The second-order valence-corrected chi connectivity index (χ2v) is 7.09. The standard InChI is InChI=1S/C11H16ClN3O4S/c1-7-9(12)4-8(5-10(7)15(16)17)20(18,19)14-11(2,3)6-13/h4-5,14H,6,13H2,1-3H3. The van der Waals surface area contributed by atoms with E-state index in [1.165, 1.54) is 13.0 Å². The van der Waals surface area contributed by atoms with Gasteiger partial charge in [0, 0.05) is 23.7 Å². The van der Waals surface area contributed by atoms with E-state index in [-0.39, 0.29) is 27.7 Å². The number of halogens is 1. The number of hydrogen-bond donors (Lipinski definition) is 2. The van der Waals surface area contributed by atoms with Crippen molar-refractivity contribution in [3.05, 3.63) is 32.8 Å². The molecule has 1 aromatic rings. The lowest BCUT2D eigenvalue weighted by molar-refractivity contribution is -0.385. The third kappa shape index (κ3) is 3.66. The van der Waals surface area contributed by atoms with Crippen LogP contribution in [0.25, 0.3) is 0 Å². The zero-order valence-electron chi connectivity index (χ0n) is 11.3. The predicted octanol–water partition coefficient (Wildman–Crippen LogP) is 1.57. The fourth-order valence-electron chi connectivity index (χ4n) is 1.45. The summed E-state index contributed by atoms with van der Waals surface area (Å²) in [7, 11) is -3.94. The summed E-state index contributed by atoms with van der Waals surface area (Å²) in [5.41, 5.74) is 4.46. The molecule has 7 nitrogen and oxygen atoms in total. The highest BCUT2D eigenvalue weighted by Gasteiger charge is 2.27. The Morgan fingerprint density at radius 1 is 1.45 bits per heavy atom. The van der Waals surface area contributed by atoms with Gasteiger partial charge < -0.3 is 5.73 Å². The van der Waals surface area contributed by atoms with E-state index in [1.807, 2.05) is 0 Å². The molecule has 1 rings (SSSR count). The number of benzene rings is 1. The van der Waals surface area contributed by atoms with Crippen LogP contribution in [0.1, 0.15) is 19.4 Å². The lowest BCUT2D eigenvalue weighted by atomic mass is 10.1. The molecule has 0 radical (unpaired) electrons. The number of nitrogens with two attached hydrogens (primary N) is 1. The number of sulfonamides is 1. The Hall–Kier alpha value is -1.22. The summed E-state index contributed by atoms with van der Waals surface area (Å²) in [6, 6.07) is 2.16. The Labute approximate surface area is 122 Å². The van der Waals surface area contributed by atoms with Gasteiger partial charge in [-0.25, -0.2) is 13.1 Å². The lowest BCUT2D eigenvalue weighted by Crippen LogP contribution is -2.48. The Balaban J connectivity index is 3.37. The average Bonchev–Trinajstić information content (AvgIpc) is 2.30. The quantitative estimate of drug-likeness (QED) is 0.631. The summed E-state index contributed by atoms with van der Waals surface area (Å²) in [4.78, 5) is 9.97. The summed E-state index contributed by atoms with van der Waals surface area (Å²) < 4.78 is 26.8. The summed E-state index contributed by atoms with van der Waals surface area (Å²) >= 11 is 5.85. The molecule has 0 aliphatic carbocycles. The van der Waals surface area contributed by atoms with Gasteiger partial charge in [-0.3, -0.25) is 10.1 Å². The Kier molecular flexibility index (Phi) is 4.75. The molecule has 0 heterocycles. The Morgan fingerprint density at radius 3 is 2.45 bits per heavy atom. The van der Waals surface area contributed by atoms with Crippen molar-refractivity contribution in [2.45, 2.75) is 31.2 Å². The Bertz CT molecular complexity index is 643. The Morgan fingerprint density at radius 2 is 2.00 bits per heavy atom. The predicted molar refractivity (Wildman–Crippen MR) is 76.3 cm³/mol. The summed E-state index contributed by atoms with van der Waals surface area (Å²) in [5.74, 6) is 0. The molecule has 0 spiro atoms. The molecule has 0 amide bonds. The molecule has 0 fully saturated rings. The van der Waals surface area contributed by atoms with Crippen molar-refractivity contribution < 1.29 is 13.3 Å². The summed E-state index contributed by atoms with van der Waals surface area (Å²) in [5, 5.41) is 10.9. The van der Waals surface area contributed by atoms with Crippen LogP contribution >= 0.6 is 11.6 Å². The van der Waals surface area contributed by atoms with Crippen LogP contribution < -0.4 is 10.5 Å². The molecule has 20 heavy (non-hydrogen) atoms. The van der Waals surface area contributed by atoms with Crippen LogP contribution in [0.3, 0.4) is 0 Å². The van der Waals surface area contributed by atoms with Gasteiger partial charge in [0.1, 0.15) is 0 Å². The second-order valence-electron chi connectivity index (χ2n) is 5.00. The van der Waals surface area contributed by atoms with Crippen molar-refractivity contribution in [1.29, 1.82) is 0 Å². The summed E-state index contributed by atoms with van der Waals surface area (Å²) in [6.45, 7) is 4.74. The zero-order valence-corrected chi connectivity index (χ0v) is 12.9. The average molecular weight is 322 g/mol. The van der Waals surface area contributed by atoms with Crippen LogP contribution in [0.5, 0.6) is 0 Å². The largest absolute Gasteiger partial charge is 0.329 e. The first-order chi connectivity index (χ1) is 9.00. The molecular formula is C11H16ClN3O4S. The second kappa shape index (κ2) is 5.65. The highest BCUT2D eigenvalue weighted by atomic mass is 35.5. The monoisotopic (exact) mass is 321 g/mol. The van der Waals surface area contributed by atoms with Crippen LogP contribution in [0, 0.1) is 17.0 Å². The molecule has 1 aromatic carbocycles. The van der Waals surface area contributed by atoms with Crippen molar-refractivity contribution in [1.82, 2.24) is 4.72 Å². The van der Waals surface area contributed by atoms with Crippen LogP contribution in [-0.2, 0) is 10.0 Å². The van der Waals surface area contributed by atoms with Gasteiger partial charge >= 0.3 is 0 Å². The topological polar surface area (TPSA) is 115 Å². The summed E-state index contributed by atoms with van der Waals surface area (Å²) in [6.07, 6.45) is 0. The van der Waals surface area contributed by atoms with Crippen LogP contribution in [0.2, 0.25) is 5.02 Å². The first kappa shape index (κ1) is 16.8. The van der Waals surface area contributed by atoms with Crippen molar-refractivity contribution in [3.8, 4) is 0 Å². The van der Waals surface area contributed by atoms with Crippen LogP contribution in [0.4, 0.5) is 5.69 Å². The first-order valence-electron chi connectivity index (χ1n) is 5.69. The fraction of sp³-hybridized carbons (Fsp3) is 0.455. The van der Waals surface area contributed by atoms with Crippen molar-refractivity contribution >= 4 is 27.3 Å². The van der Waals surface area contributed by atoms with Gasteiger partial charge in [-0.05, 0) is 26.8 Å². The maximum atomic E-state index is 12.2. The van der Waals surface area contributed by atoms with E-state index >= 15 is 0 Å². The van der Waals surface area contributed by atoms with Gasteiger partial charge in [0.2, 0.25) is 10.0 Å². The zero-order chi connectivity index (χ0) is 15.7. The minimum Gasteiger partial charge on any atom is -0.329 e. The SMILES string of the molecule is Cc1c(Cl)cc(S(=O)(=O)NC(C)(C)CN)cc1[N+](=O)[O-]. The van der Waals surface area contributed by atoms with E-state index in [0.717, 1.165) is 6.07 Å². The molecule has 3 N–H and O–H groups in total. The van der Waals surface area contributed by atoms with Crippen molar-refractivity contribution in [3.63, 3.8) is 0 Å². The minimum atomic E-state index is -3.94. The molecule has 0 bridgehead atoms. The van der Waals surface area contributed by atoms with Gasteiger partial charge in [0.25, 0.3) is 5.69 Å². The number of rotatable bonds is 5. The molecule has 9 heteroatoms. The van der Waals surface area contributed by atoms with Gasteiger partial charge in [0.15, 0.2) is 0 Å². The highest BCUT2D eigenvalue weighted by Crippen LogP contribution is 2.29. The number of nitrogens with one attached hydrogen (secondary N) is 1. The van der Waals surface area contributed by atoms with E-state index in [4.69, 9.17) is 17.3 Å². The molecule has 0 unspecified atom stereocenters. The molecule has 0 atom stereocenters. The first-order valence-corrected chi connectivity index (χ1v) is 7.55. The molecule has 0 aliphatic heterocycles. The molecule has 112 valence electrons. The number of nitro benzene ring substituents is 1. The van der Waals surface area contributed by atoms with Gasteiger partial charge in [0.05, 0.1) is 14.8 Å². The maximum Gasteiger partial charge on any atom is 0.275 e.